The quantitative estimate of drug-likeness (QED) is 0.772. The van der Waals surface area contributed by atoms with Gasteiger partial charge in [0.1, 0.15) is 6.17 Å². The van der Waals surface area contributed by atoms with Crippen LogP contribution in [0.15, 0.2) is 24.3 Å². The molecule has 13 heavy (non-hydrogen) atoms. The van der Waals surface area contributed by atoms with Gasteiger partial charge in [-0.3, -0.25) is 0 Å². The molecule has 1 aromatic carbocycles. The van der Waals surface area contributed by atoms with Gasteiger partial charge in [0.15, 0.2) is 0 Å². The summed E-state index contributed by atoms with van der Waals surface area (Å²) in [5, 5.41) is 0. The first kappa shape index (κ1) is 10.2. The molecule has 72 valence electrons. The number of halogens is 1. The van der Waals surface area contributed by atoms with E-state index in [1.807, 2.05) is 12.1 Å². The van der Waals surface area contributed by atoms with E-state index >= 15 is 0 Å². The van der Waals surface area contributed by atoms with Crippen molar-refractivity contribution in [1.82, 2.24) is 0 Å². The van der Waals surface area contributed by atoms with Gasteiger partial charge in [-0.2, -0.15) is 0 Å². The van der Waals surface area contributed by atoms with Crippen molar-refractivity contribution in [3.05, 3.63) is 35.4 Å². The van der Waals surface area contributed by atoms with Crippen LogP contribution in [0.4, 0.5) is 4.39 Å². The molecule has 0 radical (unpaired) electrons. The summed E-state index contributed by atoms with van der Waals surface area (Å²) in [5.74, 6) is 0. The lowest BCUT2D eigenvalue weighted by Crippen LogP contribution is -2.07. The normalized spacial score (nSPS) is 12.8. The van der Waals surface area contributed by atoms with E-state index in [0.717, 1.165) is 5.56 Å². The Labute approximate surface area is 77.5 Å². The predicted molar refractivity (Wildman–Crippen MR) is 50.1 cm³/mol. The van der Waals surface area contributed by atoms with Gasteiger partial charge < -0.3 is 10.5 Å². The maximum absolute atomic E-state index is 13.1. The minimum Gasteiger partial charge on any atom is -0.380 e. The van der Waals surface area contributed by atoms with Crippen molar-refractivity contribution in [1.29, 1.82) is 0 Å². The lowest BCUT2D eigenvalue weighted by Gasteiger charge is -2.07. The summed E-state index contributed by atoms with van der Waals surface area (Å²) in [6.07, 6.45) is -1.07. The third-order valence-corrected chi connectivity index (χ3v) is 1.83. The van der Waals surface area contributed by atoms with Crippen LogP contribution in [0.3, 0.4) is 0 Å². The highest BCUT2D eigenvalue weighted by atomic mass is 19.1. The van der Waals surface area contributed by atoms with Crippen molar-refractivity contribution in [2.75, 3.05) is 13.7 Å². The molecule has 2 N–H and O–H groups in total. The molecule has 1 atom stereocenters. The average molecular weight is 183 g/mol. The van der Waals surface area contributed by atoms with Gasteiger partial charge in [-0.1, -0.05) is 24.3 Å². The first-order valence-electron chi connectivity index (χ1n) is 4.20. The van der Waals surface area contributed by atoms with Crippen LogP contribution in [0, 0.1) is 0 Å². The van der Waals surface area contributed by atoms with Gasteiger partial charge in [0.05, 0.1) is 6.61 Å². The molecule has 2 nitrogen and oxygen atoms in total. The fourth-order valence-corrected chi connectivity index (χ4v) is 1.18. The Morgan fingerprint density at radius 3 is 2.92 bits per heavy atom. The summed E-state index contributed by atoms with van der Waals surface area (Å²) in [6, 6.07) is 7.22. The minimum atomic E-state index is -1.07. The summed E-state index contributed by atoms with van der Waals surface area (Å²) in [6.45, 7) is 0.529. The number of nitrogens with two attached hydrogens (primary N) is 1. The van der Waals surface area contributed by atoms with Crippen molar-refractivity contribution in [3.8, 4) is 0 Å². The van der Waals surface area contributed by atoms with E-state index < -0.39 is 6.17 Å². The molecule has 1 aromatic rings. The Morgan fingerprint density at radius 2 is 2.31 bits per heavy atom. The lowest BCUT2D eigenvalue weighted by atomic mass is 10.1. The van der Waals surface area contributed by atoms with E-state index in [2.05, 4.69) is 0 Å². The van der Waals surface area contributed by atoms with Gasteiger partial charge in [-0.25, -0.2) is 4.39 Å². The van der Waals surface area contributed by atoms with Gasteiger partial charge in [0.25, 0.3) is 0 Å². The van der Waals surface area contributed by atoms with Crippen LogP contribution in [0.1, 0.15) is 17.3 Å². The Morgan fingerprint density at radius 1 is 1.54 bits per heavy atom. The Hall–Kier alpha value is -0.930. The molecule has 1 rings (SSSR count). The molecular weight excluding hydrogens is 169 g/mol. The van der Waals surface area contributed by atoms with Crippen LogP contribution in [-0.4, -0.2) is 13.7 Å². The summed E-state index contributed by atoms with van der Waals surface area (Å²) in [7, 11) is 1.61. The number of alkyl halides is 1. The van der Waals surface area contributed by atoms with E-state index in [9.17, 15) is 4.39 Å². The average Bonchev–Trinajstić information content (AvgIpc) is 2.18. The van der Waals surface area contributed by atoms with Crippen LogP contribution < -0.4 is 5.73 Å². The zero-order chi connectivity index (χ0) is 9.68. The third-order valence-electron chi connectivity index (χ3n) is 1.83. The molecule has 0 amide bonds. The van der Waals surface area contributed by atoms with E-state index in [-0.39, 0.29) is 6.54 Å². The SMILES string of the molecule is COCc1cccc(C(F)CN)c1. The molecule has 0 aliphatic rings. The standard InChI is InChI=1S/C10H14FNO/c1-13-7-8-3-2-4-9(5-8)10(11)6-12/h2-5,10H,6-7,12H2,1H3. The topological polar surface area (TPSA) is 35.2 Å². The van der Waals surface area contributed by atoms with E-state index in [4.69, 9.17) is 10.5 Å². The Balaban J connectivity index is 2.78. The first-order chi connectivity index (χ1) is 6.27. The highest BCUT2D eigenvalue weighted by Gasteiger charge is 2.06. The zero-order valence-electron chi connectivity index (χ0n) is 7.66. The highest BCUT2D eigenvalue weighted by molar-refractivity contribution is 5.24. The van der Waals surface area contributed by atoms with Crippen LogP contribution in [-0.2, 0) is 11.3 Å². The number of ether oxygens (including phenoxy) is 1. The number of rotatable bonds is 4. The summed E-state index contributed by atoms with van der Waals surface area (Å²) in [5.41, 5.74) is 6.81. The summed E-state index contributed by atoms with van der Waals surface area (Å²) in [4.78, 5) is 0. The fraction of sp³-hybridized carbons (Fsp3) is 0.400. The summed E-state index contributed by atoms with van der Waals surface area (Å²) >= 11 is 0. The zero-order valence-corrected chi connectivity index (χ0v) is 7.66. The van der Waals surface area contributed by atoms with Gasteiger partial charge in [-0.15, -0.1) is 0 Å². The summed E-state index contributed by atoms with van der Waals surface area (Å²) < 4.78 is 18.1. The molecule has 0 saturated carbocycles. The molecular formula is C10H14FNO. The molecule has 1 unspecified atom stereocenters. The maximum atomic E-state index is 13.1. The van der Waals surface area contributed by atoms with E-state index in [1.165, 1.54) is 0 Å². The smallest absolute Gasteiger partial charge is 0.137 e. The van der Waals surface area contributed by atoms with Crippen LogP contribution >= 0.6 is 0 Å². The predicted octanol–water partition coefficient (Wildman–Crippen LogP) is 1.80. The Kier molecular flexibility index (Phi) is 3.86. The second-order valence-corrected chi connectivity index (χ2v) is 2.88. The lowest BCUT2D eigenvalue weighted by molar-refractivity contribution is 0.184. The Bertz CT molecular complexity index is 265. The van der Waals surface area contributed by atoms with Crippen molar-refractivity contribution < 1.29 is 9.13 Å². The molecule has 0 fully saturated rings. The van der Waals surface area contributed by atoms with Gasteiger partial charge >= 0.3 is 0 Å². The molecule has 0 bridgehead atoms. The van der Waals surface area contributed by atoms with Crippen molar-refractivity contribution >= 4 is 0 Å². The van der Waals surface area contributed by atoms with Gasteiger partial charge in [0.2, 0.25) is 0 Å². The van der Waals surface area contributed by atoms with Crippen LogP contribution in [0.2, 0.25) is 0 Å². The number of hydrogen-bond donors (Lipinski definition) is 1. The highest BCUT2D eigenvalue weighted by Crippen LogP contribution is 2.17. The van der Waals surface area contributed by atoms with Gasteiger partial charge in [-0.05, 0) is 11.1 Å². The van der Waals surface area contributed by atoms with E-state index in [0.29, 0.717) is 12.2 Å². The first-order valence-corrected chi connectivity index (χ1v) is 4.20. The van der Waals surface area contributed by atoms with Gasteiger partial charge in [0, 0.05) is 13.7 Å². The van der Waals surface area contributed by atoms with Crippen LogP contribution in [0.5, 0.6) is 0 Å². The molecule has 3 heteroatoms. The fourth-order valence-electron chi connectivity index (χ4n) is 1.18. The van der Waals surface area contributed by atoms with Crippen molar-refractivity contribution in [2.24, 2.45) is 5.73 Å². The second kappa shape index (κ2) is 4.94. The largest absolute Gasteiger partial charge is 0.380 e. The number of methoxy groups -OCH3 is 1. The van der Waals surface area contributed by atoms with Crippen molar-refractivity contribution in [2.45, 2.75) is 12.8 Å². The number of benzene rings is 1. The van der Waals surface area contributed by atoms with E-state index in [1.54, 1.807) is 19.2 Å². The second-order valence-electron chi connectivity index (χ2n) is 2.88. The molecule has 0 spiro atoms. The van der Waals surface area contributed by atoms with Crippen LogP contribution in [0.25, 0.3) is 0 Å². The monoisotopic (exact) mass is 183 g/mol. The molecule has 0 heterocycles. The molecule has 0 saturated heterocycles. The molecule has 0 aromatic heterocycles. The molecule has 0 aliphatic carbocycles. The van der Waals surface area contributed by atoms with Crippen molar-refractivity contribution in [3.63, 3.8) is 0 Å². The third kappa shape index (κ3) is 2.79. The number of hydrogen-bond acceptors (Lipinski definition) is 2. The minimum absolute atomic E-state index is 0.0242. The maximum Gasteiger partial charge on any atom is 0.137 e. The molecule has 0 aliphatic heterocycles.